The summed E-state index contributed by atoms with van der Waals surface area (Å²) in [5, 5.41) is 3.49. The number of nitrogens with one attached hydrogen (secondary N) is 1. The van der Waals surface area contributed by atoms with E-state index in [1.807, 2.05) is 0 Å². The minimum absolute atomic E-state index is 0.478. The number of fused-ring (bicyclic) bond motifs is 3. The van der Waals surface area contributed by atoms with Crippen LogP contribution in [0.25, 0.3) is 0 Å². The molecule has 0 amide bonds. The number of hydrogen-bond donors (Lipinski definition) is 1. The fraction of sp³-hybridized carbons (Fsp3) is 0.810. The molecule has 0 aromatic carbocycles. The van der Waals surface area contributed by atoms with E-state index in [9.17, 15) is 0 Å². The van der Waals surface area contributed by atoms with E-state index in [0.29, 0.717) is 16.7 Å². The Kier molecular flexibility index (Phi) is 4.31. The maximum absolute atomic E-state index is 3.49. The second-order valence-corrected chi connectivity index (χ2v) is 9.00. The monoisotopic (exact) mass is 301 g/mol. The van der Waals surface area contributed by atoms with Gasteiger partial charge in [-0.1, -0.05) is 51.8 Å². The van der Waals surface area contributed by atoms with Crippen molar-refractivity contribution in [2.45, 2.75) is 66.2 Å². The van der Waals surface area contributed by atoms with E-state index < -0.39 is 0 Å². The lowest BCUT2D eigenvalue weighted by atomic mass is 9.47. The Hall–Kier alpha value is -0.560. The fourth-order valence-electron chi connectivity index (χ4n) is 6.09. The summed E-state index contributed by atoms with van der Waals surface area (Å²) >= 11 is 0. The Morgan fingerprint density at radius 1 is 1.27 bits per heavy atom. The van der Waals surface area contributed by atoms with Gasteiger partial charge in [-0.25, -0.2) is 0 Å². The first-order valence-corrected chi connectivity index (χ1v) is 9.46. The SMILES string of the molecule is CNC[C@]1(C)CCC[C@]2(C)C3CCC(C(C)C)=CC3=CCC12. The minimum Gasteiger partial charge on any atom is -0.319 e. The Morgan fingerprint density at radius 2 is 2.05 bits per heavy atom. The van der Waals surface area contributed by atoms with Crippen molar-refractivity contribution in [3.05, 3.63) is 23.3 Å². The summed E-state index contributed by atoms with van der Waals surface area (Å²) in [5.41, 5.74) is 4.36. The van der Waals surface area contributed by atoms with Crippen LogP contribution < -0.4 is 5.32 Å². The summed E-state index contributed by atoms with van der Waals surface area (Å²) in [6, 6.07) is 0. The lowest BCUT2D eigenvalue weighted by Crippen LogP contribution is -2.52. The van der Waals surface area contributed by atoms with Gasteiger partial charge in [0.2, 0.25) is 0 Å². The van der Waals surface area contributed by atoms with Crippen molar-refractivity contribution in [2.24, 2.45) is 28.6 Å². The Bertz CT molecular complexity index is 482. The molecule has 0 spiro atoms. The van der Waals surface area contributed by atoms with Crippen molar-refractivity contribution in [3.63, 3.8) is 0 Å². The summed E-state index contributed by atoms with van der Waals surface area (Å²) in [5.74, 6) is 2.38. The molecule has 1 nitrogen and oxygen atoms in total. The van der Waals surface area contributed by atoms with E-state index in [-0.39, 0.29) is 0 Å². The lowest BCUT2D eigenvalue weighted by Gasteiger charge is -2.58. The molecule has 22 heavy (non-hydrogen) atoms. The van der Waals surface area contributed by atoms with E-state index in [2.05, 4.69) is 52.2 Å². The maximum atomic E-state index is 3.49. The summed E-state index contributed by atoms with van der Waals surface area (Å²) < 4.78 is 0. The normalized spacial score (nSPS) is 41.5. The highest BCUT2D eigenvalue weighted by Crippen LogP contribution is 2.61. The van der Waals surface area contributed by atoms with Gasteiger partial charge in [0, 0.05) is 6.54 Å². The molecule has 1 heteroatoms. The third-order valence-corrected chi connectivity index (χ3v) is 7.28. The highest BCUT2D eigenvalue weighted by atomic mass is 14.8. The van der Waals surface area contributed by atoms with Gasteiger partial charge in [-0.15, -0.1) is 0 Å². The van der Waals surface area contributed by atoms with Gasteiger partial charge in [0.15, 0.2) is 0 Å². The standard InChI is InChI=1S/C21H35N/c1-15(2)16-7-9-18-17(13-16)8-10-19-20(3,14-22-5)11-6-12-21(18,19)4/h8,13,15,18-19,22H,6-7,9-12,14H2,1-5H3/t18?,19?,20-,21+/m0/s1. The molecular formula is C21H35N. The molecule has 1 saturated carbocycles. The average Bonchev–Trinajstić information content (AvgIpc) is 2.46. The van der Waals surface area contributed by atoms with Crippen molar-refractivity contribution in [3.8, 4) is 0 Å². The number of allylic oxidation sites excluding steroid dienone is 4. The van der Waals surface area contributed by atoms with Crippen LogP contribution in [0, 0.1) is 28.6 Å². The largest absolute Gasteiger partial charge is 0.319 e. The van der Waals surface area contributed by atoms with Crippen molar-refractivity contribution >= 4 is 0 Å². The molecule has 3 aliphatic carbocycles. The lowest BCUT2D eigenvalue weighted by molar-refractivity contribution is -0.0470. The highest BCUT2D eigenvalue weighted by molar-refractivity contribution is 5.35. The zero-order valence-electron chi connectivity index (χ0n) is 15.3. The first-order chi connectivity index (χ1) is 10.4. The molecule has 2 unspecified atom stereocenters. The first-order valence-electron chi connectivity index (χ1n) is 9.46. The van der Waals surface area contributed by atoms with Crippen LogP contribution >= 0.6 is 0 Å². The van der Waals surface area contributed by atoms with Crippen LogP contribution in [0.3, 0.4) is 0 Å². The molecule has 124 valence electrons. The van der Waals surface area contributed by atoms with Gasteiger partial charge in [-0.2, -0.15) is 0 Å². The maximum Gasteiger partial charge on any atom is 0.000513 e. The molecule has 4 atom stereocenters. The molecule has 0 aliphatic heterocycles. The van der Waals surface area contributed by atoms with Crippen LogP contribution in [0.1, 0.15) is 66.2 Å². The van der Waals surface area contributed by atoms with Gasteiger partial charge >= 0.3 is 0 Å². The van der Waals surface area contributed by atoms with Crippen LogP contribution in [0.5, 0.6) is 0 Å². The zero-order chi connectivity index (χ0) is 16.0. The quantitative estimate of drug-likeness (QED) is 0.742. The smallest absolute Gasteiger partial charge is 0.000513 e. The van der Waals surface area contributed by atoms with E-state index in [0.717, 1.165) is 11.8 Å². The average molecular weight is 302 g/mol. The third-order valence-electron chi connectivity index (χ3n) is 7.28. The fourth-order valence-corrected chi connectivity index (χ4v) is 6.09. The van der Waals surface area contributed by atoms with Gasteiger partial charge in [0.1, 0.15) is 0 Å². The second-order valence-electron chi connectivity index (χ2n) is 9.00. The Morgan fingerprint density at radius 3 is 2.73 bits per heavy atom. The zero-order valence-corrected chi connectivity index (χ0v) is 15.3. The molecular weight excluding hydrogens is 266 g/mol. The molecule has 0 heterocycles. The van der Waals surface area contributed by atoms with E-state index >= 15 is 0 Å². The topological polar surface area (TPSA) is 12.0 Å². The molecule has 0 saturated heterocycles. The predicted molar refractivity (Wildman–Crippen MR) is 95.8 cm³/mol. The number of rotatable bonds is 3. The van der Waals surface area contributed by atoms with Crippen LogP contribution in [0.4, 0.5) is 0 Å². The second kappa shape index (κ2) is 5.82. The summed E-state index contributed by atoms with van der Waals surface area (Å²) in [6.07, 6.45) is 13.4. The first kappa shape index (κ1) is 16.3. The van der Waals surface area contributed by atoms with Crippen LogP contribution in [0.15, 0.2) is 23.3 Å². The third kappa shape index (κ3) is 2.50. The van der Waals surface area contributed by atoms with Crippen molar-refractivity contribution < 1.29 is 0 Å². The minimum atomic E-state index is 0.478. The van der Waals surface area contributed by atoms with Gasteiger partial charge in [-0.3, -0.25) is 0 Å². The van der Waals surface area contributed by atoms with Gasteiger partial charge in [0.25, 0.3) is 0 Å². The summed E-state index contributed by atoms with van der Waals surface area (Å²) in [6.45, 7) is 11.0. The molecule has 3 rings (SSSR count). The predicted octanol–water partition coefficient (Wildman–Crippen LogP) is 5.34. The molecule has 1 fully saturated rings. The van der Waals surface area contributed by atoms with Gasteiger partial charge in [0.05, 0.1) is 0 Å². The number of hydrogen-bond acceptors (Lipinski definition) is 1. The molecule has 0 radical (unpaired) electrons. The van der Waals surface area contributed by atoms with Crippen molar-refractivity contribution in [2.75, 3.05) is 13.6 Å². The van der Waals surface area contributed by atoms with Gasteiger partial charge in [-0.05, 0) is 73.3 Å². The van der Waals surface area contributed by atoms with Crippen LogP contribution in [0.2, 0.25) is 0 Å². The van der Waals surface area contributed by atoms with E-state index in [1.54, 1.807) is 11.1 Å². The highest BCUT2D eigenvalue weighted by Gasteiger charge is 2.53. The molecule has 0 aromatic heterocycles. The molecule has 1 N–H and O–H groups in total. The Balaban J connectivity index is 1.94. The van der Waals surface area contributed by atoms with Gasteiger partial charge < -0.3 is 5.32 Å². The molecule has 0 aromatic rings. The van der Waals surface area contributed by atoms with Crippen LogP contribution in [-0.4, -0.2) is 13.6 Å². The van der Waals surface area contributed by atoms with Crippen molar-refractivity contribution in [1.82, 2.24) is 5.32 Å². The van der Waals surface area contributed by atoms with Crippen LogP contribution in [-0.2, 0) is 0 Å². The van der Waals surface area contributed by atoms with E-state index in [1.165, 1.54) is 45.1 Å². The summed E-state index contributed by atoms with van der Waals surface area (Å²) in [7, 11) is 2.12. The Labute approximate surface area is 137 Å². The summed E-state index contributed by atoms with van der Waals surface area (Å²) in [4.78, 5) is 0. The van der Waals surface area contributed by atoms with E-state index in [4.69, 9.17) is 0 Å². The molecule has 0 bridgehead atoms. The molecule has 3 aliphatic rings. The van der Waals surface area contributed by atoms with Crippen molar-refractivity contribution in [1.29, 1.82) is 0 Å².